The van der Waals surface area contributed by atoms with Crippen molar-refractivity contribution in [3.05, 3.63) is 40.4 Å². The zero-order valence-electron chi connectivity index (χ0n) is 9.15. The van der Waals surface area contributed by atoms with E-state index in [1.54, 1.807) is 23.5 Å². The Bertz CT molecular complexity index is 526. The predicted molar refractivity (Wildman–Crippen MR) is 65.5 cm³/mol. The molecule has 2 rings (SSSR count). The minimum Gasteiger partial charge on any atom is -0.366 e. The molecular weight excluding hydrogens is 220 g/mol. The van der Waals surface area contributed by atoms with Crippen LogP contribution in [0, 0.1) is 13.8 Å². The summed E-state index contributed by atoms with van der Waals surface area (Å²) in [7, 11) is 0. The number of amides is 1. The van der Waals surface area contributed by atoms with Crippen molar-refractivity contribution in [2.45, 2.75) is 13.8 Å². The number of hydrogen-bond donors (Lipinski definition) is 1. The third kappa shape index (κ3) is 1.84. The molecule has 0 radical (unpaired) electrons. The van der Waals surface area contributed by atoms with Crippen LogP contribution in [0.15, 0.2) is 24.3 Å². The van der Waals surface area contributed by atoms with Gasteiger partial charge in [0, 0.05) is 16.0 Å². The summed E-state index contributed by atoms with van der Waals surface area (Å²) in [6, 6.07) is 7.28. The van der Waals surface area contributed by atoms with E-state index in [2.05, 4.69) is 4.98 Å². The van der Waals surface area contributed by atoms with Gasteiger partial charge in [0.05, 0.1) is 5.69 Å². The fourth-order valence-corrected chi connectivity index (χ4v) is 2.43. The first kappa shape index (κ1) is 10.8. The maximum atomic E-state index is 11.3. The van der Waals surface area contributed by atoms with Gasteiger partial charge in [-0.15, -0.1) is 11.3 Å². The summed E-state index contributed by atoms with van der Waals surface area (Å²) in [5.74, 6) is -0.416. The lowest BCUT2D eigenvalue weighted by molar-refractivity contribution is 0.100. The highest BCUT2D eigenvalue weighted by molar-refractivity contribution is 7.15. The minimum absolute atomic E-state index is 0.416. The number of benzene rings is 1. The standard InChI is InChI=1S/C12H12N2OS/c1-7-8(2)16-12(14-7)10-6-4-3-5-9(10)11(13)15/h3-6H,1-2H3,(H2,13,15). The van der Waals surface area contributed by atoms with Crippen LogP contribution in [0.3, 0.4) is 0 Å². The van der Waals surface area contributed by atoms with Crippen LogP contribution in [-0.4, -0.2) is 10.9 Å². The monoisotopic (exact) mass is 232 g/mol. The number of aromatic nitrogens is 1. The number of carbonyl (C=O) groups is 1. The second-order valence-electron chi connectivity index (χ2n) is 3.57. The third-order valence-electron chi connectivity index (χ3n) is 2.45. The van der Waals surface area contributed by atoms with E-state index in [-0.39, 0.29) is 0 Å². The maximum Gasteiger partial charge on any atom is 0.249 e. The molecule has 0 aliphatic carbocycles. The van der Waals surface area contributed by atoms with Crippen LogP contribution < -0.4 is 5.73 Å². The Hall–Kier alpha value is -1.68. The Morgan fingerprint density at radius 3 is 2.56 bits per heavy atom. The van der Waals surface area contributed by atoms with E-state index in [1.807, 2.05) is 26.0 Å². The van der Waals surface area contributed by atoms with Gasteiger partial charge in [0.2, 0.25) is 5.91 Å². The number of hydrogen-bond acceptors (Lipinski definition) is 3. The van der Waals surface area contributed by atoms with Crippen molar-refractivity contribution in [3.8, 4) is 10.6 Å². The molecule has 1 amide bonds. The van der Waals surface area contributed by atoms with Crippen LogP contribution in [0.4, 0.5) is 0 Å². The smallest absolute Gasteiger partial charge is 0.249 e. The van der Waals surface area contributed by atoms with E-state index >= 15 is 0 Å². The first-order chi connectivity index (χ1) is 7.59. The molecule has 0 spiro atoms. The van der Waals surface area contributed by atoms with Crippen molar-refractivity contribution in [3.63, 3.8) is 0 Å². The van der Waals surface area contributed by atoms with E-state index in [0.717, 1.165) is 21.1 Å². The lowest BCUT2D eigenvalue weighted by Gasteiger charge is -2.02. The summed E-state index contributed by atoms with van der Waals surface area (Å²) in [6.07, 6.45) is 0. The number of rotatable bonds is 2. The molecule has 4 heteroatoms. The molecule has 2 N–H and O–H groups in total. The van der Waals surface area contributed by atoms with E-state index in [1.165, 1.54) is 0 Å². The average Bonchev–Trinajstić information content (AvgIpc) is 2.59. The van der Waals surface area contributed by atoms with Gasteiger partial charge in [-0.1, -0.05) is 18.2 Å². The first-order valence-electron chi connectivity index (χ1n) is 4.93. The van der Waals surface area contributed by atoms with Crippen LogP contribution in [-0.2, 0) is 0 Å². The number of nitrogens with two attached hydrogens (primary N) is 1. The Morgan fingerprint density at radius 1 is 1.31 bits per heavy atom. The molecule has 2 aromatic rings. The summed E-state index contributed by atoms with van der Waals surface area (Å²) >= 11 is 1.58. The van der Waals surface area contributed by atoms with Gasteiger partial charge in [-0.05, 0) is 19.9 Å². The molecule has 0 bridgehead atoms. The zero-order valence-corrected chi connectivity index (χ0v) is 9.97. The van der Waals surface area contributed by atoms with Crippen molar-refractivity contribution in [2.75, 3.05) is 0 Å². The molecule has 1 aromatic heterocycles. The van der Waals surface area contributed by atoms with Crippen molar-refractivity contribution in [1.29, 1.82) is 0 Å². The summed E-state index contributed by atoms with van der Waals surface area (Å²) in [5, 5.41) is 0.851. The predicted octanol–water partition coefficient (Wildman–Crippen LogP) is 2.53. The van der Waals surface area contributed by atoms with Gasteiger partial charge < -0.3 is 5.73 Å². The Balaban J connectivity index is 2.59. The van der Waals surface area contributed by atoms with Gasteiger partial charge in [0.25, 0.3) is 0 Å². The molecule has 0 fully saturated rings. The van der Waals surface area contributed by atoms with E-state index in [4.69, 9.17) is 5.73 Å². The molecule has 1 aromatic carbocycles. The van der Waals surface area contributed by atoms with Crippen molar-refractivity contribution < 1.29 is 4.79 Å². The van der Waals surface area contributed by atoms with Crippen LogP contribution in [0.25, 0.3) is 10.6 Å². The molecule has 0 unspecified atom stereocenters. The third-order valence-corrected chi connectivity index (χ3v) is 3.56. The Labute approximate surface area is 97.9 Å². The van der Waals surface area contributed by atoms with E-state index in [9.17, 15) is 4.79 Å². The molecule has 0 saturated carbocycles. The second kappa shape index (κ2) is 4.06. The number of nitrogens with zero attached hydrogens (tertiary/aromatic N) is 1. The second-order valence-corrected chi connectivity index (χ2v) is 4.77. The molecule has 3 nitrogen and oxygen atoms in total. The summed E-state index contributed by atoms with van der Waals surface area (Å²) in [4.78, 5) is 16.9. The molecule has 0 aliphatic heterocycles. The lowest BCUT2D eigenvalue weighted by Crippen LogP contribution is -2.12. The largest absolute Gasteiger partial charge is 0.366 e. The number of primary amides is 1. The highest BCUT2D eigenvalue weighted by Crippen LogP contribution is 2.29. The topological polar surface area (TPSA) is 56.0 Å². The number of thiazole rings is 1. The van der Waals surface area contributed by atoms with Gasteiger partial charge in [0.15, 0.2) is 0 Å². The Kier molecular flexibility index (Phi) is 2.75. The fraction of sp³-hybridized carbons (Fsp3) is 0.167. The van der Waals surface area contributed by atoms with Crippen LogP contribution >= 0.6 is 11.3 Å². The van der Waals surface area contributed by atoms with Crippen LogP contribution in [0.1, 0.15) is 20.9 Å². The minimum atomic E-state index is -0.416. The highest BCUT2D eigenvalue weighted by atomic mass is 32.1. The van der Waals surface area contributed by atoms with Crippen molar-refractivity contribution in [1.82, 2.24) is 4.98 Å². The van der Waals surface area contributed by atoms with Gasteiger partial charge in [-0.2, -0.15) is 0 Å². The summed E-state index contributed by atoms with van der Waals surface area (Å²) in [6.45, 7) is 3.98. The van der Waals surface area contributed by atoms with Crippen LogP contribution in [0.2, 0.25) is 0 Å². The molecule has 82 valence electrons. The number of carbonyl (C=O) groups excluding carboxylic acids is 1. The molecule has 0 aliphatic rings. The molecule has 1 heterocycles. The zero-order chi connectivity index (χ0) is 11.7. The van der Waals surface area contributed by atoms with Gasteiger partial charge in [0.1, 0.15) is 5.01 Å². The van der Waals surface area contributed by atoms with Gasteiger partial charge in [-0.3, -0.25) is 4.79 Å². The summed E-state index contributed by atoms with van der Waals surface area (Å²) < 4.78 is 0. The fourth-order valence-electron chi connectivity index (χ4n) is 1.47. The van der Waals surface area contributed by atoms with E-state index < -0.39 is 5.91 Å². The molecular formula is C12H12N2OS. The van der Waals surface area contributed by atoms with E-state index in [0.29, 0.717) is 5.56 Å². The molecule has 16 heavy (non-hydrogen) atoms. The van der Waals surface area contributed by atoms with Gasteiger partial charge >= 0.3 is 0 Å². The van der Waals surface area contributed by atoms with Crippen molar-refractivity contribution in [2.24, 2.45) is 5.73 Å². The van der Waals surface area contributed by atoms with Crippen LogP contribution in [0.5, 0.6) is 0 Å². The average molecular weight is 232 g/mol. The summed E-state index contributed by atoms with van der Waals surface area (Å²) in [5.41, 5.74) is 7.67. The van der Waals surface area contributed by atoms with Crippen molar-refractivity contribution >= 4 is 17.2 Å². The molecule has 0 saturated heterocycles. The lowest BCUT2D eigenvalue weighted by atomic mass is 10.1. The van der Waals surface area contributed by atoms with Gasteiger partial charge in [-0.25, -0.2) is 4.98 Å². The first-order valence-corrected chi connectivity index (χ1v) is 5.74. The molecule has 0 atom stereocenters. The SMILES string of the molecule is Cc1nc(-c2ccccc2C(N)=O)sc1C. The normalized spacial score (nSPS) is 10.4. The Morgan fingerprint density at radius 2 is 2.00 bits per heavy atom. The number of aryl methyl sites for hydroxylation is 2. The maximum absolute atomic E-state index is 11.3. The quantitative estimate of drug-likeness (QED) is 0.865. The highest BCUT2D eigenvalue weighted by Gasteiger charge is 2.13.